The van der Waals surface area contributed by atoms with Crippen molar-refractivity contribution in [3.8, 4) is 0 Å². The molecule has 0 fully saturated rings. The molecule has 1 unspecified atom stereocenters. The normalized spacial score (nSPS) is 16.9. The average molecular weight is 583 g/mol. The van der Waals surface area contributed by atoms with E-state index in [2.05, 4.69) is 4.98 Å². The Balaban J connectivity index is 2.05. The zero-order chi connectivity index (χ0) is 27.9. The molecule has 0 amide bonds. The van der Waals surface area contributed by atoms with Gasteiger partial charge in [-0.3, -0.25) is 4.79 Å². The van der Waals surface area contributed by atoms with Crippen LogP contribution in [0.3, 0.4) is 0 Å². The summed E-state index contributed by atoms with van der Waals surface area (Å²) in [5, 5.41) is -4.42. The molecule has 3 aromatic carbocycles. The average Bonchev–Trinajstić information content (AvgIpc) is 2.79. The predicted octanol–water partition coefficient (Wildman–Crippen LogP) is 8.70. The molecule has 38 heavy (non-hydrogen) atoms. The van der Waals surface area contributed by atoms with Crippen molar-refractivity contribution in [2.45, 2.75) is 23.8 Å². The Hall–Kier alpha value is -2.93. The lowest BCUT2D eigenvalue weighted by molar-refractivity contribution is -0.135. The number of carbonyl (C=O) groups excluding carboxylic acids is 1. The fraction of sp³-hybridized carbons (Fsp3) is 0.250. The number of hydrogen-bond acceptors (Lipinski definition) is 4. The van der Waals surface area contributed by atoms with Crippen molar-refractivity contribution in [1.82, 2.24) is 4.98 Å². The number of pyridine rings is 1. The number of rotatable bonds is 1. The Bertz CT molecular complexity index is 1650. The number of benzene rings is 3. The first-order valence-corrected chi connectivity index (χ1v) is 12.0. The zero-order valence-electron chi connectivity index (χ0n) is 18.7. The predicted molar refractivity (Wildman–Crippen MR) is 127 cm³/mol. The maximum atomic E-state index is 14.4. The SMILES string of the molecule is CN1CSC(C(F)(F)F)c2ccc3c(c(C(=O)C(F)(F)F)cc4c(C(F)(F)F)c5cc(Cl)ccc5nc43)c21. The second kappa shape index (κ2) is 8.54. The molecule has 1 aromatic heterocycles. The van der Waals surface area contributed by atoms with Crippen LogP contribution in [0.2, 0.25) is 5.02 Å². The van der Waals surface area contributed by atoms with E-state index in [-0.39, 0.29) is 27.5 Å². The molecule has 200 valence electrons. The minimum atomic E-state index is -5.53. The molecule has 0 saturated carbocycles. The fourth-order valence-corrected chi connectivity index (χ4v) is 5.99. The number of aromatic nitrogens is 1. The summed E-state index contributed by atoms with van der Waals surface area (Å²) >= 11 is 6.36. The standard InChI is InChI=1S/C24H12ClF9N2OS/c1-36-8-38-21(24(32,33)34)11-4-3-10-16(19(11)36)13(20(37)23(29,30)31)7-14-17(22(26,27)28)12-6-9(25)2-5-15(12)35-18(10)14/h2-7,21H,8H2,1H3. The number of Topliss-reactive ketones (excluding diaryl/α,β-unsaturated/α-hetero) is 1. The Labute approximate surface area is 216 Å². The van der Waals surface area contributed by atoms with Crippen molar-refractivity contribution in [3.63, 3.8) is 0 Å². The quantitative estimate of drug-likeness (QED) is 0.0973. The Morgan fingerprint density at radius 2 is 1.66 bits per heavy atom. The van der Waals surface area contributed by atoms with E-state index in [0.717, 1.165) is 18.2 Å². The molecule has 14 heteroatoms. The van der Waals surface area contributed by atoms with Crippen LogP contribution >= 0.6 is 23.4 Å². The van der Waals surface area contributed by atoms with Crippen molar-refractivity contribution >= 4 is 67.4 Å². The lowest BCUT2D eigenvalue weighted by atomic mass is 9.90. The number of halogens is 10. The van der Waals surface area contributed by atoms with Gasteiger partial charge in [0.15, 0.2) is 0 Å². The molecule has 1 aliphatic rings. The first-order valence-electron chi connectivity index (χ1n) is 10.6. The molecule has 0 aliphatic carbocycles. The second-order valence-corrected chi connectivity index (χ2v) is 10.1. The largest absolute Gasteiger partial charge is 0.454 e. The minimum Gasteiger partial charge on any atom is -0.365 e. The lowest BCUT2D eigenvalue weighted by Crippen LogP contribution is -2.31. The van der Waals surface area contributed by atoms with Gasteiger partial charge in [0.05, 0.1) is 28.2 Å². The highest BCUT2D eigenvalue weighted by Crippen LogP contribution is 2.53. The second-order valence-electron chi connectivity index (χ2n) is 8.63. The van der Waals surface area contributed by atoms with Gasteiger partial charge in [-0.15, -0.1) is 11.8 Å². The monoisotopic (exact) mass is 582 g/mol. The molecule has 0 saturated heterocycles. The molecule has 3 nitrogen and oxygen atoms in total. The van der Waals surface area contributed by atoms with E-state index in [4.69, 9.17) is 11.6 Å². The molecule has 1 atom stereocenters. The van der Waals surface area contributed by atoms with Crippen LogP contribution < -0.4 is 4.90 Å². The molecule has 4 aromatic rings. The maximum absolute atomic E-state index is 14.4. The summed E-state index contributed by atoms with van der Waals surface area (Å²) in [4.78, 5) is 18.0. The summed E-state index contributed by atoms with van der Waals surface area (Å²) in [5.74, 6) is -2.79. The fourth-order valence-electron chi connectivity index (χ4n) is 4.76. The molecule has 0 spiro atoms. The number of thioether (sulfide) groups is 1. The van der Waals surface area contributed by atoms with E-state index in [9.17, 15) is 44.3 Å². The number of nitrogens with zero attached hydrogens (tertiary/aromatic N) is 2. The summed E-state index contributed by atoms with van der Waals surface area (Å²) in [6.07, 6.45) is -15.4. The van der Waals surface area contributed by atoms with E-state index in [0.29, 0.717) is 17.8 Å². The van der Waals surface area contributed by atoms with Gasteiger partial charge in [0.2, 0.25) is 0 Å². The summed E-state index contributed by atoms with van der Waals surface area (Å²) in [6.45, 7) is 0. The van der Waals surface area contributed by atoms with Crippen LogP contribution in [-0.2, 0) is 6.18 Å². The van der Waals surface area contributed by atoms with E-state index in [1.165, 1.54) is 24.1 Å². The summed E-state index contributed by atoms with van der Waals surface area (Å²) < 4.78 is 126. The number of hydrogen-bond donors (Lipinski definition) is 0. The molecule has 1 aliphatic heterocycles. The molecule has 2 heterocycles. The highest BCUT2D eigenvalue weighted by Gasteiger charge is 2.47. The Morgan fingerprint density at radius 3 is 2.26 bits per heavy atom. The molecule has 0 radical (unpaired) electrons. The molecule has 0 N–H and O–H groups in total. The molecule has 0 bridgehead atoms. The maximum Gasteiger partial charge on any atom is 0.454 e. The van der Waals surface area contributed by atoms with Gasteiger partial charge in [0.1, 0.15) is 5.25 Å². The van der Waals surface area contributed by atoms with Crippen LogP contribution in [0.25, 0.3) is 32.6 Å². The van der Waals surface area contributed by atoms with E-state index >= 15 is 0 Å². The van der Waals surface area contributed by atoms with Crippen LogP contribution in [0.5, 0.6) is 0 Å². The van der Waals surface area contributed by atoms with Gasteiger partial charge in [0, 0.05) is 39.2 Å². The number of fused-ring (bicyclic) bond motifs is 6. The van der Waals surface area contributed by atoms with Gasteiger partial charge in [0.25, 0.3) is 5.78 Å². The van der Waals surface area contributed by atoms with Crippen LogP contribution in [0, 0.1) is 0 Å². The van der Waals surface area contributed by atoms with E-state index in [1.807, 2.05) is 0 Å². The number of alkyl halides is 9. The smallest absolute Gasteiger partial charge is 0.365 e. The van der Waals surface area contributed by atoms with Crippen molar-refractivity contribution < 1.29 is 44.3 Å². The van der Waals surface area contributed by atoms with Gasteiger partial charge in [-0.2, -0.15) is 39.5 Å². The number of carbonyl (C=O) groups is 1. The van der Waals surface area contributed by atoms with Crippen molar-refractivity contribution in [1.29, 1.82) is 0 Å². The van der Waals surface area contributed by atoms with Gasteiger partial charge in [-0.25, -0.2) is 4.98 Å². The Kier molecular flexibility index (Phi) is 5.99. The molecule has 5 rings (SSSR count). The van der Waals surface area contributed by atoms with Crippen LogP contribution in [0.15, 0.2) is 36.4 Å². The number of ketones is 1. The van der Waals surface area contributed by atoms with Crippen molar-refractivity contribution in [3.05, 3.63) is 58.1 Å². The summed E-state index contributed by atoms with van der Waals surface area (Å²) in [7, 11) is 1.32. The van der Waals surface area contributed by atoms with Gasteiger partial charge in [-0.1, -0.05) is 23.7 Å². The van der Waals surface area contributed by atoms with Gasteiger partial charge < -0.3 is 4.90 Å². The highest BCUT2D eigenvalue weighted by molar-refractivity contribution is 7.99. The molecular weight excluding hydrogens is 571 g/mol. The van der Waals surface area contributed by atoms with Crippen LogP contribution in [0.4, 0.5) is 45.2 Å². The van der Waals surface area contributed by atoms with Gasteiger partial charge >= 0.3 is 18.5 Å². The van der Waals surface area contributed by atoms with Crippen LogP contribution in [0.1, 0.15) is 26.7 Å². The van der Waals surface area contributed by atoms with Gasteiger partial charge in [-0.05, 0) is 29.8 Å². The van der Waals surface area contributed by atoms with Crippen molar-refractivity contribution in [2.75, 3.05) is 17.8 Å². The van der Waals surface area contributed by atoms with Crippen molar-refractivity contribution in [2.24, 2.45) is 0 Å². The number of anilines is 1. The lowest BCUT2D eigenvalue weighted by Gasteiger charge is -2.35. The topological polar surface area (TPSA) is 33.2 Å². The summed E-state index contributed by atoms with van der Waals surface area (Å²) in [6, 6.07) is 5.81. The third-order valence-electron chi connectivity index (χ3n) is 6.19. The highest BCUT2D eigenvalue weighted by atomic mass is 35.5. The third kappa shape index (κ3) is 4.19. The van der Waals surface area contributed by atoms with E-state index < -0.39 is 67.9 Å². The first kappa shape index (κ1) is 26.7. The Morgan fingerprint density at radius 1 is 0.974 bits per heavy atom. The first-order chi connectivity index (χ1) is 17.5. The molecular formula is C24H12ClF9N2OS. The third-order valence-corrected chi connectivity index (χ3v) is 7.81. The minimum absolute atomic E-state index is 0.0945. The van der Waals surface area contributed by atoms with E-state index in [1.54, 1.807) is 0 Å². The zero-order valence-corrected chi connectivity index (χ0v) is 20.3. The summed E-state index contributed by atoms with van der Waals surface area (Å²) in [5.41, 5.74) is -3.93. The van der Waals surface area contributed by atoms with Crippen LogP contribution in [-0.4, -0.2) is 36.0 Å².